The van der Waals surface area contributed by atoms with E-state index in [9.17, 15) is 14.0 Å². The summed E-state index contributed by atoms with van der Waals surface area (Å²) in [6, 6.07) is 9.04. The molecule has 0 spiro atoms. The standard InChI is InChI=1S/C30H42FN5O3/c1-20-12-33(25(11-32-20)14-35-21(2)17-39-18-22(35)3)16-29(38)36-19-30(4,5)26-10-28(37)34(15-27(26)36)13-23-6-8-24(31)9-7-23/h6-10,15,20-22,25,32H,11-14,16-19H2,1-5H3/t20-,21-,22-,25-/m1/s1. The molecule has 0 aliphatic carbocycles. The van der Waals surface area contributed by atoms with Crippen LogP contribution in [0.2, 0.25) is 0 Å². The van der Waals surface area contributed by atoms with Gasteiger partial charge in [0.15, 0.2) is 0 Å². The predicted octanol–water partition coefficient (Wildman–Crippen LogP) is 2.43. The number of morpholine rings is 1. The summed E-state index contributed by atoms with van der Waals surface area (Å²) in [7, 11) is 0. The van der Waals surface area contributed by atoms with Crippen molar-refractivity contribution in [3.05, 3.63) is 63.8 Å². The SMILES string of the molecule is C[C@@H]1CN(CC(=O)N2CC(C)(C)c3cc(=O)n(Cc4ccc(F)cc4)cc32)[C@@H](CN2[C@H](C)COC[C@H]2C)CN1. The second-order valence-corrected chi connectivity index (χ2v) is 12.4. The zero-order valence-electron chi connectivity index (χ0n) is 23.8. The molecule has 3 aliphatic heterocycles. The Morgan fingerprint density at radius 2 is 1.82 bits per heavy atom. The molecule has 9 heteroatoms. The lowest BCUT2D eigenvalue weighted by atomic mass is 9.87. The average Bonchev–Trinajstić information content (AvgIpc) is 3.14. The molecule has 212 valence electrons. The van der Waals surface area contributed by atoms with Crippen LogP contribution in [-0.2, 0) is 21.5 Å². The Balaban J connectivity index is 1.36. The lowest BCUT2D eigenvalue weighted by Gasteiger charge is -2.46. The molecule has 3 aliphatic rings. The average molecular weight is 540 g/mol. The first-order valence-electron chi connectivity index (χ1n) is 14.1. The summed E-state index contributed by atoms with van der Waals surface area (Å²) < 4.78 is 20.7. The number of piperazine rings is 1. The van der Waals surface area contributed by atoms with Crippen molar-refractivity contribution in [2.45, 2.75) is 70.7 Å². The first kappa shape index (κ1) is 28.0. The van der Waals surface area contributed by atoms with Gasteiger partial charge in [-0.25, -0.2) is 4.39 Å². The van der Waals surface area contributed by atoms with Crippen LogP contribution in [0.25, 0.3) is 0 Å². The minimum absolute atomic E-state index is 0.0518. The van der Waals surface area contributed by atoms with E-state index in [4.69, 9.17) is 4.74 Å². The molecule has 0 bridgehead atoms. The van der Waals surface area contributed by atoms with Crippen LogP contribution in [0.1, 0.15) is 45.7 Å². The number of halogens is 1. The van der Waals surface area contributed by atoms with Gasteiger partial charge in [-0.2, -0.15) is 0 Å². The van der Waals surface area contributed by atoms with Gasteiger partial charge in [0.05, 0.1) is 32.0 Å². The summed E-state index contributed by atoms with van der Waals surface area (Å²) in [5.74, 6) is -0.257. The number of pyridine rings is 1. The lowest BCUT2D eigenvalue weighted by Crippen LogP contribution is -2.63. The van der Waals surface area contributed by atoms with Crippen molar-refractivity contribution in [3.63, 3.8) is 0 Å². The molecule has 0 saturated carbocycles. The topological polar surface area (TPSA) is 70.1 Å². The number of rotatable bonds is 6. The molecule has 1 N–H and O–H groups in total. The molecule has 8 nitrogen and oxygen atoms in total. The summed E-state index contributed by atoms with van der Waals surface area (Å²) in [5.41, 5.74) is 2.08. The van der Waals surface area contributed by atoms with Crippen LogP contribution in [0.3, 0.4) is 0 Å². The van der Waals surface area contributed by atoms with Crippen LogP contribution in [0.15, 0.2) is 41.3 Å². The number of anilines is 1. The Labute approximate surface area is 230 Å². The summed E-state index contributed by atoms with van der Waals surface area (Å²) in [4.78, 5) is 33.6. The van der Waals surface area contributed by atoms with Crippen LogP contribution in [-0.4, -0.2) is 90.4 Å². The highest BCUT2D eigenvalue weighted by molar-refractivity contribution is 5.97. The van der Waals surface area contributed by atoms with Crippen molar-refractivity contribution in [2.75, 3.05) is 50.8 Å². The molecule has 4 heterocycles. The number of benzene rings is 1. The maximum Gasteiger partial charge on any atom is 0.251 e. The number of ether oxygens (including phenoxy) is 1. The highest BCUT2D eigenvalue weighted by Gasteiger charge is 2.40. The first-order valence-corrected chi connectivity index (χ1v) is 14.1. The third-order valence-electron chi connectivity index (χ3n) is 8.58. The minimum atomic E-state index is -0.325. The second kappa shape index (κ2) is 11.1. The fourth-order valence-corrected chi connectivity index (χ4v) is 6.32. The molecule has 1 aromatic carbocycles. The Bertz CT molecular complexity index is 1240. The smallest absolute Gasteiger partial charge is 0.251 e. The van der Waals surface area contributed by atoms with Crippen molar-refractivity contribution in [3.8, 4) is 0 Å². The van der Waals surface area contributed by atoms with Crippen LogP contribution in [0, 0.1) is 5.82 Å². The minimum Gasteiger partial charge on any atom is -0.378 e. The van der Waals surface area contributed by atoms with Gasteiger partial charge in [-0.1, -0.05) is 26.0 Å². The molecule has 1 amide bonds. The second-order valence-electron chi connectivity index (χ2n) is 12.4. The molecule has 2 saturated heterocycles. The van der Waals surface area contributed by atoms with E-state index in [-0.39, 0.29) is 28.7 Å². The molecule has 2 aromatic rings. The number of nitrogens with zero attached hydrogens (tertiary/aromatic N) is 4. The zero-order valence-corrected chi connectivity index (χ0v) is 23.8. The van der Waals surface area contributed by atoms with E-state index < -0.39 is 0 Å². The van der Waals surface area contributed by atoms with E-state index in [0.717, 1.165) is 49.7 Å². The molecule has 5 rings (SSSR count). The number of nitrogens with one attached hydrogen (secondary N) is 1. The fourth-order valence-electron chi connectivity index (χ4n) is 6.32. The monoisotopic (exact) mass is 539 g/mol. The Hall–Kier alpha value is -2.59. The summed E-state index contributed by atoms with van der Waals surface area (Å²) >= 11 is 0. The maximum absolute atomic E-state index is 13.9. The van der Waals surface area contributed by atoms with E-state index in [2.05, 4.69) is 49.7 Å². The molecule has 0 radical (unpaired) electrons. The van der Waals surface area contributed by atoms with Gasteiger partial charge < -0.3 is 19.5 Å². The Morgan fingerprint density at radius 3 is 2.51 bits per heavy atom. The third-order valence-corrected chi connectivity index (χ3v) is 8.58. The quantitative estimate of drug-likeness (QED) is 0.608. The number of carbonyl (C=O) groups is 1. The molecule has 0 unspecified atom stereocenters. The van der Waals surface area contributed by atoms with Crippen molar-refractivity contribution in [2.24, 2.45) is 0 Å². The number of hydrogen-bond acceptors (Lipinski definition) is 6. The van der Waals surface area contributed by atoms with Crippen molar-refractivity contribution in [1.29, 1.82) is 0 Å². The van der Waals surface area contributed by atoms with Gasteiger partial charge in [-0.3, -0.25) is 19.4 Å². The normalized spacial score (nSPS) is 27.5. The summed E-state index contributed by atoms with van der Waals surface area (Å²) in [6.45, 7) is 15.9. The van der Waals surface area contributed by atoms with Gasteiger partial charge >= 0.3 is 0 Å². The molecule has 4 atom stereocenters. The molecular weight excluding hydrogens is 497 g/mol. The maximum atomic E-state index is 13.9. The highest BCUT2D eigenvalue weighted by Crippen LogP contribution is 2.39. The van der Waals surface area contributed by atoms with Crippen molar-refractivity contribution < 1.29 is 13.9 Å². The van der Waals surface area contributed by atoms with Gasteiger partial charge in [0.2, 0.25) is 5.91 Å². The Morgan fingerprint density at radius 1 is 1.13 bits per heavy atom. The largest absolute Gasteiger partial charge is 0.378 e. The summed E-state index contributed by atoms with van der Waals surface area (Å²) in [6.07, 6.45) is 1.81. The molecular formula is C30H42FN5O3. The van der Waals surface area contributed by atoms with Gasteiger partial charge in [-0.15, -0.1) is 0 Å². The predicted molar refractivity (Wildman–Crippen MR) is 151 cm³/mol. The Kier molecular flexibility index (Phi) is 7.97. The number of amides is 1. The van der Waals surface area contributed by atoms with Crippen LogP contribution in [0.5, 0.6) is 0 Å². The molecule has 39 heavy (non-hydrogen) atoms. The summed E-state index contributed by atoms with van der Waals surface area (Å²) in [5, 5.41) is 3.61. The van der Waals surface area contributed by atoms with Crippen LogP contribution >= 0.6 is 0 Å². The first-order chi connectivity index (χ1) is 18.5. The van der Waals surface area contributed by atoms with E-state index >= 15 is 0 Å². The number of hydrogen-bond donors (Lipinski definition) is 1. The van der Waals surface area contributed by atoms with Crippen LogP contribution < -0.4 is 15.8 Å². The number of fused-ring (bicyclic) bond motifs is 1. The van der Waals surface area contributed by atoms with Crippen molar-refractivity contribution >= 4 is 11.6 Å². The van der Waals surface area contributed by atoms with Gasteiger partial charge in [0.1, 0.15) is 5.82 Å². The van der Waals surface area contributed by atoms with Gasteiger partial charge in [0.25, 0.3) is 5.56 Å². The van der Waals surface area contributed by atoms with E-state index in [1.54, 1.807) is 22.8 Å². The van der Waals surface area contributed by atoms with Gasteiger partial charge in [-0.05, 0) is 44.0 Å². The molecule has 1 aromatic heterocycles. The van der Waals surface area contributed by atoms with Crippen molar-refractivity contribution in [1.82, 2.24) is 19.7 Å². The zero-order chi connectivity index (χ0) is 27.9. The fraction of sp³-hybridized carbons (Fsp3) is 0.600. The van der Waals surface area contributed by atoms with E-state index in [1.165, 1.54) is 12.1 Å². The van der Waals surface area contributed by atoms with Gasteiger partial charge in [0, 0.05) is 68.0 Å². The van der Waals surface area contributed by atoms with E-state index in [1.807, 2.05) is 11.1 Å². The third kappa shape index (κ3) is 5.96. The molecule has 2 fully saturated rings. The number of carbonyl (C=O) groups excluding carboxylic acids is 1. The number of aromatic nitrogens is 1. The lowest BCUT2D eigenvalue weighted by molar-refractivity contribution is -0.121. The van der Waals surface area contributed by atoms with E-state index in [0.29, 0.717) is 37.8 Å². The van der Waals surface area contributed by atoms with Crippen LogP contribution in [0.4, 0.5) is 10.1 Å². The highest BCUT2D eigenvalue weighted by atomic mass is 19.1.